The van der Waals surface area contributed by atoms with E-state index in [9.17, 15) is 44.1 Å². The van der Waals surface area contributed by atoms with Crippen LogP contribution in [0.15, 0.2) is 62.3 Å². The number of amides is 6. The molecule has 0 radical (unpaired) electrons. The lowest BCUT2D eigenvalue weighted by Gasteiger charge is -2.28. The molecule has 78 heavy (non-hydrogen) atoms. The van der Waals surface area contributed by atoms with Gasteiger partial charge in [0.15, 0.2) is 0 Å². The highest BCUT2D eigenvalue weighted by atomic mass is 32.1. The summed E-state index contributed by atoms with van der Waals surface area (Å²) in [6, 6.07) is 0.0736. The molecule has 8 rings (SSSR count). The maximum atomic E-state index is 14.1. The summed E-state index contributed by atoms with van der Waals surface area (Å²) in [6.45, 7) is 10.8. The molecule has 23 nitrogen and oxygen atoms in total. The number of nitrogens with zero attached hydrogens (tertiary/aromatic N) is 7. The van der Waals surface area contributed by atoms with Gasteiger partial charge in [0.05, 0.1) is 35.3 Å². The van der Waals surface area contributed by atoms with Crippen molar-refractivity contribution in [1.29, 1.82) is 0 Å². The second kappa shape index (κ2) is 24.4. The lowest BCUT2D eigenvalue weighted by molar-refractivity contribution is -0.124. The Labute approximate surface area is 469 Å². The van der Waals surface area contributed by atoms with Gasteiger partial charge in [-0.05, 0) is 60.6 Å². The van der Waals surface area contributed by atoms with Gasteiger partial charge in [-0.1, -0.05) is 12.2 Å². The minimum atomic E-state index is -1.58. The number of thiazole rings is 6. The van der Waals surface area contributed by atoms with Crippen molar-refractivity contribution in [2.75, 3.05) is 13.7 Å². The lowest BCUT2D eigenvalue weighted by Crippen LogP contribution is -2.52. The first-order valence-electron chi connectivity index (χ1n) is 23.7. The minimum absolute atomic E-state index is 0.00194. The third-order valence-corrected chi connectivity index (χ3v) is 16.9. The molecule has 0 spiro atoms. The van der Waals surface area contributed by atoms with Crippen molar-refractivity contribution in [3.8, 4) is 43.4 Å². The lowest BCUT2D eigenvalue weighted by atomic mass is 9.99. The summed E-state index contributed by atoms with van der Waals surface area (Å²) in [5.74, 6) is -4.00. The van der Waals surface area contributed by atoms with Gasteiger partial charge >= 0.3 is 0 Å². The summed E-state index contributed by atoms with van der Waals surface area (Å²) < 4.78 is 5.75. The van der Waals surface area contributed by atoms with Crippen LogP contribution in [0.5, 0.6) is 0 Å². The normalized spacial score (nSPS) is 18.5. The molecule has 0 saturated carbocycles. The van der Waals surface area contributed by atoms with E-state index in [2.05, 4.69) is 51.8 Å². The first kappa shape index (κ1) is 57.3. The predicted molar refractivity (Wildman–Crippen MR) is 297 cm³/mol. The van der Waals surface area contributed by atoms with E-state index in [1.165, 1.54) is 96.4 Å². The van der Waals surface area contributed by atoms with Crippen molar-refractivity contribution >= 4 is 109 Å². The van der Waals surface area contributed by atoms with E-state index in [1.807, 2.05) is 0 Å². The van der Waals surface area contributed by atoms with E-state index in [0.29, 0.717) is 48.4 Å². The number of hydrogen-bond acceptors (Lipinski definition) is 23. The van der Waals surface area contributed by atoms with Crippen LogP contribution in [0.2, 0.25) is 0 Å². The molecule has 408 valence electrons. The van der Waals surface area contributed by atoms with Crippen LogP contribution in [-0.2, 0) is 14.3 Å². The van der Waals surface area contributed by atoms with Gasteiger partial charge in [0, 0.05) is 51.5 Å². The molecule has 6 atom stereocenters. The van der Waals surface area contributed by atoms with Crippen LogP contribution in [0.4, 0.5) is 0 Å². The number of allylic oxidation sites excluding steroid dienone is 2. The Hall–Kier alpha value is -6.93. The number of carbonyl (C=O) groups is 6. The number of pyridine rings is 1. The molecule has 7 aromatic rings. The monoisotopic (exact) mass is 1170 g/mol. The average molecular weight is 1170 g/mol. The molecule has 9 N–H and O–H groups in total. The molecule has 1 aliphatic rings. The van der Waals surface area contributed by atoms with Gasteiger partial charge < -0.3 is 52.0 Å². The first-order chi connectivity index (χ1) is 37.1. The molecule has 29 heteroatoms. The Morgan fingerprint density at radius 3 is 1.92 bits per heavy atom. The number of aromatic nitrogens is 7. The van der Waals surface area contributed by atoms with E-state index in [1.54, 1.807) is 49.7 Å². The Morgan fingerprint density at radius 2 is 1.26 bits per heavy atom. The maximum Gasteiger partial charge on any atom is 0.275 e. The Bertz CT molecular complexity index is 3460. The highest BCUT2D eigenvalue weighted by Crippen LogP contribution is 2.39. The number of aliphatic hydroxyl groups is 3. The van der Waals surface area contributed by atoms with Crippen molar-refractivity contribution in [3.63, 3.8) is 0 Å². The quantitative estimate of drug-likeness (QED) is 0.0738. The number of hydrogen-bond donors (Lipinski definition) is 9. The van der Waals surface area contributed by atoms with Crippen molar-refractivity contribution < 1.29 is 48.8 Å². The smallest absolute Gasteiger partial charge is 0.275 e. The molecule has 1 aliphatic heterocycles. The van der Waals surface area contributed by atoms with E-state index >= 15 is 0 Å². The number of aliphatic hydroxyl groups excluding tert-OH is 2. The molecule has 8 heterocycles. The van der Waals surface area contributed by atoms with Crippen LogP contribution < -0.4 is 31.9 Å². The Kier molecular flexibility index (Phi) is 17.9. The maximum absolute atomic E-state index is 14.1. The average Bonchev–Trinajstić information content (AvgIpc) is 4.28. The number of carbonyl (C=O) groups excluding carboxylic acids is 6. The molecular weight excluding hydrogens is 1120 g/mol. The number of fused-ring (bicyclic) bond motifs is 11. The van der Waals surface area contributed by atoms with Gasteiger partial charge in [0.2, 0.25) is 5.91 Å². The number of rotatable bonds is 11. The van der Waals surface area contributed by atoms with E-state index in [-0.39, 0.29) is 50.7 Å². The second-order valence-corrected chi connectivity index (χ2v) is 23.1. The Balaban J connectivity index is 1.16. The highest BCUT2D eigenvalue weighted by Gasteiger charge is 2.36. The summed E-state index contributed by atoms with van der Waals surface area (Å²) in [4.78, 5) is 114. The second-order valence-electron chi connectivity index (χ2n) is 17.9. The zero-order valence-electron chi connectivity index (χ0n) is 42.7. The number of methoxy groups -OCH3 is 1. The van der Waals surface area contributed by atoms with E-state index in [0.717, 1.165) is 34.0 Å². The molecule has 6 amide bonds. The van der Waals surface area contributed by atoms with Gasteiger partial charge in [-0.25, -0.2) is 34.9 Å². The van der Waals surface area contributed by atoms with Gasteiger partial charge in [0.1, 0.15) is 93.7 Å². The summed E-state index contributed by atoms with van der Waals surface area (Å²) in [6.07, 6.45) is 0.196. The van der Waals surface area contributed by atoms with Crippen molar-refractivity contribution in [3.05, 3.63) is 100 Å². The van der Waals surface area contributed by atoms with Crippen LogP contribution in [0.3, 0.4) is 0 Å². The molecule has 7 aromatic heterocycles. The Morgan fingerprint density at radius 1 is 0.692 bits per heavy atom. The van der Waals surface area contributed by atoms with Crippen LogP contribution in [0, 0.1) is 0 Å². The fraction of sp³-hybridized carbons (Fsp3) is 0.327. The van der Waals surface area contributed by atoms with Crippen molar-refractivity contribution in [2.24, 2.45) is 0 Å². The molecule has 8 bridgehead atoms. The number of ether oxygens (including phenoxy) is 1. The largest absolute Gasteiger partial charge is 0.392 e. The van der Waals surface area contributed by atoms with E-state index in [4.69, 9.17) is 19.7 Å². The van der Waals surface area contributed by atoms with Crippen molar-refractivity contribution in [1.82, 2.24) is 66.8 Å². The van der Waals surface area contributed by atoms with Crippen LogP contribution in [-0.4, -0.2) is 129 Å². The van der Waals surface area contributed by atoms with Gasteiger partial charge in [-0.2, -0.15) is 0 Å². The standard InChI is InChI=1S/C49H51N13O10S6/c1-9-24(37(65)50-13-20(3)63)52-38(66)28-16-75-46(57-28)32-19-76-45(59-32)26-12-11-23-35(51-26)27-14-77-47(54-27)34(22(5)72-8)61-40(68)30-18-78-48(58-30)36(49(6,7)71)62-41(69)31-17-74-44(56-31)25(10-2)53-42(70)33(21(4)64)60-39(67)29-15-73-43(23)55-29/h9-12,14-22,33-34,36,63-64,71H,13H2,1-8H3,(H,50,65)(H,52,66)(H,53,70)(H,60,67)(H,61,68)(H,62,69). The van der Waals surface area contributed by atoms with Crippen molar-refractivity contribution in [2.45, 2.75) is 90.5 Å². The fourth-order valence-corrected chi connectivity index (χ4v) is 12.6. The summed E-state index contributed by atoms with van der Waals surface area (Å²) in [7, 11) is 1.49. The number of nitrogens with one attached hydrogen (secondary N) is 6. The zero-order valence-corrected chi connectivity index (χ0v) is 47.6. The third-order valence-electron chi connectivity index (χ3n) is 11.6. The topological polar surface area (TPSA) is 335 Å². The molecular formula is C49H51N13O10S6. The van der Waals surface area contributed by atoms with Gasteiger partial charge in [0.25, 0.3) is 29.5 Å². The third kappa shape index (κ3) is 13.0. The van der Waals surface area contributed by atoms with Gasteiger partial charge in [-0.3, -0.25) is 28.8 Å². The molecule has 0 aromatic carbocycles. The van der Waals surface area contributed by atoms with E-state index < -0.39 is 77.5 Å². The summed E-state index contributed by atoms with van der Waals surface area (Å²) >= 11 is 6.87. The molecule has 0 aliphatic carbocycles. The summed E-state index contributed by atoms with van der Waals surface area (Å²) in [5.41, 5.74) is 0.560. The first-order valence-corrected chi connectivity index (χ1v) is 29.0. The minimum Gasteiger partial charge on any atom is -0.392 e. The predicted octanol–water partition coefficient (Wildman–Crippen LogP) is 5.34. The highest BCUT2D eigenvalue weighted by molar-refractivity contribution is 7.15. The summed E-state index contributed by atoms with van der Waals surface area (Å²) in [5, 5.41) is 59.5. The van der Waals surface area contributed by atoms with Crippen LogP contribution in [0.25, 0.3) is 49.1 Å². The molecule has 6 unspecified atom stereocenters. The molecule has 0 saturated heterocycles. The van der Waals surface area contributed by atoms with Crippen LogP contribution in [0.1, 0.15) is 118 Å². The molecule has 0 fully saturated rings. The van der Waals surface area contributed by atoms with Crippen LogP contribution >= 0.6 is 68.0 Å². The fourth-order valence-electron chi connectivity index (χ4n) is 7.34. The zero-order chi connectivity index (χ0) is 56.2. The van der Waals surface area contributed by atoms with Gasteiger partial charge in [-0.15, -0.1) is 68.0 Å². The SMILES string of the molecule is CC=C(NC(=O)c1csc(-c2csc(-c3ccc4c(n3)-c3csc(n3)C(C(C)OC)NC(=O)c3csc(n3)C(C(C)(C)O)NC(=O)c3csc(n3)C(=CC)NC(=O)C(C(C)O)NC(=O)c3csc-4n3)n2)n1)C(=O)NCC(C)O.